The van der Waals surface area contributed by atoms with Gasteiger partial charge in [0, 0.05) is 27.8 Å². The van der Waals surface area contributed by atoms with Gasteiger partial charge >= 0.3 is 0 Å². The van der Waals surface area contributed by atoms with Crippen LogP contribution in [0.1, 0.15) is 0 Å². The quantitative estimate of drug-likeness (QED) is 0.179. The second kappa shape index (κ2) is 13.1. The van der Waals surface area contributed by atoms with Crippen LogP contribution in [0.5, 0.6) is 0 Å². The van der Waals surface area contributed by atoms with Crippen molar-refractivity contribution in [3.05, 3.63) is 182 Å². The maximum Gasteiger partial charge on any atom is 0.164 e. The highest BCUT2D eigenvalue weighted by atomic mass is 15.0. The molecule has 0 aliphatic rings. The first kappa shape index (κ1) is 28.9. The van der Waals surface area contributed by atoms with Crippen molar-refractivity contribution in [2.45, 2.75) is 0 Å². The van der Waals surface area contributed by atoms with E-state index in [4.69, 9.17) is 19.9 Å². The van der Waals surface area contributed by atoms with Crippen LogP contribution in [-0.2, 0) is 0 Å². The van der Waals surface area contributed by atoms with Gasteiger partial charge in [0.15, 0.2) is 17.5 Å². The number of aromatic nitrogens is 4. The Hall–Kier alpha value is -6.52. The van der Waals surface area contributed by atoms with E-state index in [0.29, 0.717) is 17.5 Å². The summed E-state index contributed by atoms with van der Waals surface area (Å²) < 4.78 is 0. The van der Waals surface area contributed by atoms with Gasteiger partial charge in [0.05, 0.1) is 11.4 Å². The number of rotatable bonds is 7. The third-order valence-corrected chi connectivity index (χ3v) is 8.33. The molecule has 0 spiro atoms. The van der Waals surface area contributed by atoms with Crippen molar-refractivity contribution in [3.63, 3.8) is 0 Å². The molecule has 4 nitrogen and oxygen atoms in total. The fourth-order valence-electron chi connectivity index (χ4n) is 5.86. The summed E-state index contributed by atoms with van der Waals surface area (Å²) in [6, 6.07) is 62.2. The van der Waals surface area contributed by atoms with Gasteiger partial charge in [-0.2, -0.15) is 0 Å². The molecule has 0 bridgehead atoms. The second-order valence-corrected chi connectivity index (χ2v) is 11.6. The highest BCUT2D eigenvalue weighted by molar-refractivity contribution is 5.81. The molecule has 2 heterocycles. The first-order valence-corrected chi connectivity index (χ1v) is 16.0. The van der Waals surface area contributed by atoms with Crippen LogP contribution >= 0.6 is 0 Å². The highest BCUT2D eigenvalue weighted by Gasteiger charge is 2.15. The number of benzene rings is 6. The van der Waals surface area contributed by atoms with Crippen molar-refractivity contribution in [3.8, 4) is 78.9 Å². The molecular weight excluding hydrogens is 585 g/mol. The molecule has 6 aromatic carbocycles. The molecule has 0 saturated carbocycles. The fraction of sp³-hybridized carbons (Fsp3) is 0. The Morgan fingerprint density at radius 1 is 0.208 bits per heavy atom. The van der Waals surface area contributed by atoms with Crippen molar-refractivity contribution in [2.75, 3.05) is 0 Å². The maximum atomic E-state index is 5.11. The van der Waals surface area contributed by atoms with Gasteiger partial charge in [0.1, 0.15) is 0 Å². The molecule has 0 radical (unpaired) electrons. The standard InChI is InChI=1S/C44H30N4/c1-5-14-31(15-6-1)32-24-26-33(27-25-32)37-28-38(41-23-13-22-40(45-41)34-16-7-2-8-17-34)30-39(29-37)44-47-42(35-18-9-3-10-19-35)46-43(48-44)36-20-11-4-12-21-36/h1-30H. The van der Waals surface area contributed by atoms with Crippen molar-refractivity contribution < 1.29 is 0 Å². The van der Waals surface area contributed by atoms with Gasteiger partial charge in [-0.1, -0.05) is 152 Å². The molecule has 0 aliphatic heterocycles. The molecule has 0 unspecified atom stereocenters. The van der Waals surface area contributed by atoms with Gasteiger partial charge in [0.2, 0.25) is 0 Å². The Bertz CT molecular complexity index is 2250. The van der Waals surface area contributed by atoms with E-state index in [2.05, 4.69) is 97.1 Å². The van der Waals surface area contributed by atoms with Crippen LogP contribution in [0, 0.1) is 0 Å². The largest absolute Gasteiger partial charge is 0.248 e. The third-order valence-electron chi connectivity index (χ3n) is 8.33. The Balaban J connectivity index is 1.30. The van der Waals surface area contributed by atoms with Gasteiger partial charge in [-0.3, -0.25) is 0 Å². The Morgan fingerprint density at radius 2 is 0.562 bits per heavy atom. The molecule has 0 amide bonds. The molecule has 8 rings (SSSR count). The smallest absolute Gasteiger partial charge is 0.164 e. The van der Waals surface area contributed by atoms with Crippen molar-refractivity contribution in [2.24, 2.45) is 0 Å². The lowest BCUT2D eigenvalue weighted by atomic mass is 9.95. The van der Waals surface area contributed by atoms with E-state index in [9.17, 15) is 0 Å². The van der Waals surface area contributed by atoms with Gasteiger partial charge in [-0.25, -0.2) is 19.9 Å². The van der Waals surface area contributed by atoms with Crippen LogP contribution in [0.4, 0.5) is 0 Å². The predicted molar refractivity (Wildman–Crippen MR) is 196 cm³/mol. The summed E-state index contributed by atoms with van der Waals surface area (Å²) in [5.41, 5.74) is 11.1. The zero-order valence-electron chi connectivity index (χ0n) is 26.1. The average Bonchev–Trinajstić information content (AvgIpc) is 3.19. The Labute approximate surface area is 280 Å². The van der Waals surface area contributed by atoms with E-state index >= 15 is 0 Å². The third kappa shape index (κ3) is 6.15. The predicted octanol–water partition coefficient (Wildman–Crippen LogP) is 10.9. The monoisotopic (exact) mass is 614 g/mol. The van der Waals surface area contributed by atoms with Crippen LogP contribution in [0.2, 0.25) is 0 Å². The lowest BCUT2D eigenvalue weighted by Gasteiger charge is -2.13. The number of hydrogen-bond donors (Lipinski definition) is 0. The maximum absolute atomic E-state index is 5.11. The first-order chi connectivity index (χ1) is 23.8. The molecule has 0 saturated heterocycles. The van der Waals surface area contributed by atoms with E-state index in [1.165, 1.54) is 11.1 Å². The van der Waals surface area contributed by atoms with E-state index in [1.807, 2.05) is 84.9 Å². The summed E-state index contributed by atoms with van der Waals surface area (Å²) in [6.45, 7) is 0. The molecule has 0 fully saturated rings. The van der Waals surface area contributed by atoms with Crippen LogP contribution in [0.3, 0.4) is 0 Å². The van der Waals surface area contributed by atoms with Gasteiger partial charge in [-0.05, 0) is 52.6 Å². The summed E-state index contributed by atoms with van der Waals surface area (Å²) in [5.74, 6) is 1.86. The summed E-state index contributed by atoms with van der Waals surface area (Å²) in [5, 5.41) is 0. The molecule has 226 valence electrons. The topological polar surface area (TPSA) is 51.6 Å². The Kier molecular flexibility index (Phi) is 7.87. The van der Waals surface area contributed by atoms with Crippen LogP contribution in [-0.4, -0.2) is 19.9 Å². The summed E-state index contributed by atoms with van der Waals surface area (Å²) in [7, 11) is 0. The minimum atomic E-state index is 0.603. The molecular formula is C44H30N4. The highest BCUT2D eigenvalue weighted by Crippen LogP contribution is 2.34. The Morgan fingerprint density at radius 3 is 1.08 bits per heavy atom. The minimum Gasteiger partial charge on any atom is -0.248 e. The molecule has 0 atom stereocenters. The normalized spacial score (nSPS) is 10.9. The van der Waals surface area contributed by atoms with E-state index in [1.54, 1.807) is 0 Å². The SMILES string of the molecule is c1ccc(-c2ccc(-c3cc(-c4cccc(-c5ccccc5)n4)cc(-c4nc(-c5ccccc5)nc(-c5ccccc5)n4)c3)cc2)cc1. The van der Waals surface area contributed by atoms with E-state index in [0.717, 1.165) is 50.3 Å². The van der Waals surface area contributed by atoms with Gasteiger partial charge in [0.25, 0.3) is 0 Å². The lowest BCUT2D eigenvalue weighted by molar-refractivity contribution is 1.07. The summed E-state index contributed by atoms with van der Waals surface area (Å²) in [4.78, 5) is 20.1. The fourth-order valence-corrected chi connectivity index (χ4v) is 5.86. The van der Waals surface area contributed by atoms with Crippen LogP contribution in [0.15, 0.2) is 182 Å². The average molecular weight is 615 g/mol. The van der Waals surface area contributed by atoms with Crippen molar-refractivity contribution >= 4 is 0 Å². The first-order valence-electron chi connectivity index (χ1n) is 16.0. The molecule has 0 aliphatic carbocycles. The van der Waals surface area contributed by atoms with Gasteiger partial charge in [-0.15, -0.1) is 0 Å². The van der Waals surface area contributed by atoms with Crippen molar-refractivity contribution in [1.82, 2.24) is 19.9 Å². The molecule has 0 N–H and O–H groups in total. The summed E-state index contributed by atoms with van der Waals surface area (Å²) in [6.07, 6.45) is 0. The second-order valence-electron chi connectivity index (χ2n) is 11.6. The van der Waals surface area contributed by atoms with E-state index < -0.39 is 0 Å². The van der Waals surface area contributed by atoms with Gasteiger partial charge < -0.3 is 0 Å². The number of hydrogen-bond acceptors (Lipinski definition) is 4. The zero-order valence-corrected chi connectivity index (χ0v) is 26.1. The lowest BCUT2D eigenvalue weighted by Crippen LogP contribution is -2.00. The minimum absolute atomic E-state index is 0.603. The molecule has 4 heteroatoms. The summed E-state index contributed by atoms with van der Waals surface area (Å²) >= 11 is 0. The van der Waals surface area contributed by atoms with E-state index in [-0.39, 0.29) is 0 Å². The van der Waals surface area contributed by atoms with Crippen molar-refractivity contribution in [1.29, 1.82) is 0 Å². The molecule has 48 heavy (non-hydrogen) atoms. The number of nitrogens with zero attached hydrogens (tertiary/aromatic N) is 4. The van der Waals surface area contributed by atoms with Crippen LogP contribution in [0.25, 0.3) is 78.9 Å². The molecule has 2 aromatic heterocycles. The number of pyridine rings is 1. The zero-order chi connectivity index (χ0) is 32.1. The van der Waals surface area contributed by atoms with Crippen LogP contribution < -0.4 is 0 Å². The molecule has 8 aromatic rings.